The molecule has 0 bridgehead atoms. The molecule has 0 radical (unpaired) electrons. The first-order chi connectivity index (χ1) is 23.7. The number of para-hydroxylation sites is 2. The molecule has 0 atom stereocenters. The number of halogens is 2. The van der Waals surface area contributed by atoms with E-state index in [1.807, 2.05) is 0 Å². The van der Waals surface area contributed by atoms with Crippen LogP contribution >= 0.6 is 12.0 Å². The number of ether oxygens (including phenoxy) is 3. The molecule has 0 saturated heterocycles. The van der Waals surface area contributed by atoms with Gasteiger partial charge in [0.05, 0.1) is 13.7 Å². The van der Waals surface area contributed by atoms with Gasteiger partial charge in [-0.2, -0.15) is 9.32 Å². The second-order valence-electron chi connectivity index (χ2n) is 9.95. The number of nitrogens with zero attached hydrogens (tertiary/aromatic N) is 6. The van der Waals surface area contributed by atoms with Crippen molar-refractivity contribution >= 4 is 40.1 Å². The lowest BCUT2D eigenvalue weighted by Gasteiger charge is -2.11. The van der Waals surface area contributed by atoms with Crippen LogP contribution in [0.1, 0.15) is 0 Å². The summed E-state index contributed by atoms with van der Waals surface area (Å²) in [6.07, 6.45) is 3.09. The smallest absolute Gasteiger partial charge is 0.294 e. The molecule has 0 aliphatic heterocycles. The zero-order valence-electron chi connectivity index (χ0n) is 26.5. The molecule has 2 aromatic carbocycles. The Hall–Kier alpha value is -5.49. The molecule has 0 aliphatic rings. The first kappa shape index (κ1) is 34.8. The van der Waals surface area contributed by atoms with Crippen LogP contribution in [0.25, 0.3) is 22.1 Å². The summed E-state index contributed by atoms with van der Waals surface area (Å²) in [6, 6.07) is 14.7. The zero-order chi connectivity index (χ0) is 34.9. The van der Waals surface area contributed by atoms with Crippen molar-refractivity contribution in [2.75, 3.05) is 32.7 Å². The number of methoxy groups -OCH3 is 1. The Morgan fingerprint density at radius 3 is 1.82 bits per heavy atom. The number of anilines is 1. The fraction of sp³-hybridized carbons (Fsp3) is 0.188. The average Bonchev–Trinajstić information content (AvgIpc) is 3.11. The number of fused-ring (bicyclic) bond motifs is 2. The third-order valence-corrected chi connectivity index (χ3v) is 7.24. The van der Waals surface area contributed by atoms with E-state index in [1.165, 1.54) is 72.0 Å². The van der Waals surface area contributed by atoms with Crippen LogP contribution in [-0.4, -0.2) is 56.4 Å². The van der Waals surface area contributed by atoms with E-state index in [2.05, 4.69) is 30.1 Å². The summed E-state index contributed by atoms with van der Waals surface area (Å²) in [7, 11) is 6.07. The molecule has 4 aromatic heterocycles. The lowest BCUT2D eigenvalue weighted by atomic mass is 10.3. The van der Waals surface area contributed by atoms with Crippen molar-refractivity contribution in [3.05, 3.63) is 105 Å². The van der Waals surface area contributed by atoms with Gasteiger partial charge in [-0.05, 0) is 36.4 Å². The Morgan fingerprint density at radius 1 is 0.755 bits per heavy atom. The Bertz CT molecular complexity index is 2220. The number of aromatic nitrogens is 6. The second-order valence-corrected chi connectivity index (χ2v) is 10.6. The van der Waals surface area contributed by atoms with Crippen LogP contribution < -0.4 is 25.9 Å². The summed E-state index contributed by atoms with van der Waals surface area (Å²) in [6.45, 7) is 1.06. The quantitative estimate of drug-likeness (QED) is 0.0625. The SMILES string of the molecule is COCCNc1ncc2cc(Oc3ccccc3F)c(=O)n(C)c2n1.COOSc1ncc2cc(Oc3ccccc3F)c(=O)n(C)c2n1. The Kier molecular flexibility index (Phi) is 11.4. The normalized spacial score (nSPS) is 10.9. The maximum atomic E-state index is 13.7. The lowest BCUT2D eigenvalue weighted by molar-refractivity contribution is -0.160. The summed E-state index contributed by atoms with van der Waals surface area (Å²) in [5.74, 6) is -0.774. The largest absolute Gasteiger partial charge is 0.448 e. The van der Waals surface area contributed by atoms with Crippen molar-refractivity contribution in [1.82, 2.24) is 29.1 Å². The van der Waals surface area contributed by atoms with Crippen molar-refractivity contribution in [3.8, 4) is 23.0 Å². The molecule has 0 aliphatic carbocycles. The molecular formula is C32H29F2N7O7S. The second kappa shape index (κ2) is 16.1. The molecule has 0 spiro atoms. The number of hydrogen-bond acceptors (Lipinski definition) is 13. The van der Waals surface area contributed by atoms with E-state index in [-0.39, 0.29) is 28.2 Å². The van der Waals surface area contributed by atoms with Gasteiger partial charge in [0.2, 0.25) is 11.1 Å². The molecule has 6 aromatic rings. The standard InChI is InChI=1S/C17H17FN4O3.C15H12FN3O4S/c1-22-15-11(10-20-17(21-15)19-7-8-24-2)9-14(16(22)23)25-13-6-4-3-5-12(13)18;1-19-13-9(8-17-15(18-13)24-23-21-2)7-12(14(19)20)22-11-6-4-3-5-10(11)16/h3-6,9-10H,7-8H2,1-2H3,(H,19,20,21);3-8H,1-2H3. The maximum absolute atomic E-state index is 13.7. The molecule has 4 heterocycles. The molecule has 6 rings (SSSR count). The fourth-order valence-electron chi connectivity index (χ4n) is 4.31. The van der Waals surface area contributed by atoms with Gasteiger partial charge in [-0.1, -0.05) is 24.3 Å². The van der Waals surface area contributed by atoms with Gasteiger partial charge in [0.1, 0.15) is 23.3 Å². The summed E-state index contributed by atoms with van der Waals surface area (Å²) < 4.78 is 50.6. The first-order valence-electron chi connectivity index (χ1n) is 14.4. The van der Waals surface area contributed by atoms with Gasteiger partial charge in [0.15, 0.2) is 34.6 Å². The van der Waals surface area contributed by atoms with Crippen LogP contribution in [0.4, 0.5) is 14.7 Å². The number of pyridine rings is 2. The highest BCUT2D eigenvalue weighted by atomic mass is 32.2. The van der Waals surface area contributed by atoms with E-state index in [0.29, 0.717) is 41.2 Å². The van der Waals surface area contributed by atoms with E-state index >= 15 is 0 Å². The van der Waals surface area contributed by atoms with Crippen molar-refractivity contribution in [3.63, 3.8) is 0 Å². The van der Waals surface area contributed by atoms with Gasteiger partial charge < -0.3 is 19.5 Å². The molecule has 14 nitrogen and oxygen atoms in total. The fourth-order valence-corrected chi connectivity index (χ4v) is 4.66. The van der Waals surface area contributed by atoms with Crippen molar-refractivity contribution in [1.29, 1.82) is 0 Å². The van der Waals surface area contributed by atoms with Crippen molar-refractivity contribution in [2.45, 2.75) is 5.16 Å². The molecule has 0 saturated carbocycles. The van der Waals surface area contributed by atoms with Crippen molar-refractivity contribution in [2.24, 2.45) is 14.1 Å². The lowest BCUT2D eigenvalue weighted by Crippen LogP contribution is -2.20. The predicted molar refractivity (Wildman–Crippen MR) is 177 cm³/mol. The van der Waals surface area contributed by atoms with Crippen LogP contribution in [-0.2, 0) is 28.1 Å². The van der Waals surface area contributed by atoms with Gasteiger partial charge in [-0.25, -0.2) is 28.6 Å². The molecule has 0 unspecified atom stereocenters. The van der Waals surface area contributed by atoms with Gasteiger partial charge in [-0.15, -0.1) is 0 Å². The van der Waals surface area contributed by atoms with Crippen LogP contribution in [0, 0.1) is 11.6 Å². The van der Waals surface area contributed by atoms with Gasteiger partial charge in [0, 0.05) is 50.9 Å². The molecular weight excluding hydrogens is 664 g/mol. The topological polar surface area (TPSA) is 154 Å². The molecule has 254 valence electrons. The number of hydrogen-bond donors (Lipinski definition) is 1. The molecule has 1 N–H and O–H groups in total. The Morgan fingerprint density at radius 2 is 1.29 bits per heavy atom. The summed E-state index contributed by atoms with van der Waals surface area (Å²) in [4.78, 5) is 46.2. The third-order valence-electron chi connectivity index (χ3n) is 6.69. The first-order valence-corrected chi connectivity index (χ1v) is 15.1. The Balaban J connectivity index is 0.000000191. The minimum Gasteiger partial charge on any atom is -0.448 e. The van der Waals surface area contributed by atoms with Crippen LogP contribution in [0.2, 0.25) is 0 Å². The average molecular weight is 694 g/mol. The molecule has 0 amide bonds. The van der Waals surface area contributed by atoms with Gasteiger partial charge in [0.25, 0.3) is 11.1 Å². The third kappa shape index (κ3) is 8.33. The van der Waals surface area contributed by atoms with Crippen LogP contribution in [0.3, 0.4) is 0 Å². The highest BCUT2D eigenvalue weighted by Crippen LogP contribution is 2.26. The van der Waals surface area contributed by atoms with Gasteiger partial charge >= 0.3 is 0 Å². The van der Waals surface area contributed by atoms with Gasteiger partial charge in [-0.3, -0.25) is 18.7 Å². The minimum atomic E-state index is -0.556. The highest BCUT2D eigenvalue weighted by Gasteiger charge is 2.15. The summed E-state index contributed by atoms with van der Waals surface area (Å²) in [5, 5.41) is 4.45. The van der Waals surface area contributed by atoms with E-state index in [0.717, 1.165) is 12.0 Å². The molecule has 0 fully saturated rings. The molecule has 17 heteroatoms. The van der Waals surface area contributed by atoms with E-state index < -0.39 is 22.8 Å². The summed E-state index contributed by atoms with van der Waals surface area (Å²) >= 11 is 0.818. The summed E-state index contributed by atoms with van der Waals surface area (Å²) in [5.41, 5.74) is -0.0377. The van der Waals surface area contributed by atoms with E-state index in [4.69, 9.17) is 18.5 Å². The van der Waals surface area contributed by atoms with E-state index in [9.17, 15) is 18.4 Å². The molecule has 49 heavy (non-hydrogen) atoms. The minimum absolute atomic E-state index is 0.00351. The monoisotopic (exact) mass is 693 g/mol. The Labute approximate surface area is 281 Å². The van der Waals surface area contributed by atoms with Crippen LogP contribution in [0.5, 0.6) is 23.0 Å². The number of nitrogens with one attached hydrogen (secondary N) is 1. The number of rotatable bonds is 11. The zero-order valence-corrected chi connectivity index (χ0v) is 27.4. The van der Waals surface area contributed by atoms with E-state index in [1.54, 1.807) is 38.6 Å². The van der Waals surface area contributed by atoms with Crippen LogP contribution in [0.15, 0.2) is 87.8 Å². The predicted octanol–water partition coefficient (Wildman–Crippen LogP) is 5.16. The number of aryl methyl sites for hydroxylation is 2. The number of benzene rings is 2. The highest BCUT2D eigenvalue weighted by molar-refractivity contribution is 7.94. The maximum Gasteiger partial charge on any atom is 0.294 e. The van der Waals surface area contributed by atoms with Crippen molar-refractivity contribution < 1.29 is 32.2 Å².